The molecule has 0 saturated heterocycles. The van der Waals surface area contributed by atoms with Gasteiger partial charge in [0.1, 0.15) is 11.5 Å². The maximum atomic E-state index is 14.2. The van der Waals surface area contributed by atoms with Gasteiger partial charge < -0.3 is 4.57 Å². The van der Waals surface area contributed by atoms with Gasteiger partial charge in [0.15, 0.2) is 0 Å². The smallest absolute Gasteiger partial charge is 0.278 e. The summed E-state index contributed by atoms with van der Waals surface area (Å²) in [5.41, 5.74) is 3.03. The standard InChI is InChI=1S/C20H13ClFN5O/c21-13-5-4-12(11-14(13)22)16-17-15(3-1-6-23-17)26-9-10-27(19(28)18(16)26)20-24-7-2-8-25-20/h1-8,11H,9-10H2. The Balaban J connectivity index is 1.77. The van der Waals surface area contributed by atoms with Crippen LogP contribution in [0.4, 0.5) is 10.3 Å². The summed E-state index contributed by atoms with van der Waals surface area (Å²) in [4.78, 5) is 27.8. The molecular weight excluding hydrogens is 381 g/mol. The molecule has 3 aromatic heterocycles. The molecule has 0 radical (unpaired) electrons. The van der Waals surface area contributed by atoms with Crippen molar-refractivity contribution < 1.29 is 9.18 Å². The van der Waals surface area contributed by atoms with E-state index in [1.165, 1.54) is 17.0 Å². The van der Waals surface area contributed by atoms with E-state index in [1.807, 2.05) is 16.7 Å². The number of rotatable bonds is 2. The number of halogens is 2. The van der Waals surface area contributed by atoms with Crippen LogP contribution in [0.1, 0.15) is 10.5 Å². The molecule has 4 heterocycles. The van der Waals surface area contributed by atoms with Crippen LogP contribution in [0.3, 0.4) is 0 Å². The van der Waals surface area contributed by atoms with Crippen molar-refractivity contribution in [1.82, 2.24) is 19.5 Å². The van der Waals surface area contributed by atoms with Gasteiger partial charge in [-0.15, -0.1) is 0 Å². The second-order valence-electron chi connectivity index (χ2n) is 6.38. The molecule has 5 rings (SSSR count). The van der Waals surface area contributed by atoms with E-state index in [0.29, 0.717) is 41.4 Å². The summed E-state index contributed by atoms with van der Waals surface area (Å²) in [6, 6.07) is 9.93. The molecule has 1 amide bonds. The van der Waals surface area contributed by atoms with Crippen molar-refractivity contribution in [1.29, 1.82) is 0 Å². The number of aromatic nitrogens is 4. The lowest BCUT2D eigenvalue weighted by atomic mass is 10.0. The Morgan fingerprint density at radius 1 is 1.00 bits per heavy atom. The molecule has 8 heteroatoms. The zero-order chi connectivity index (χ0) is 19.3. The summed E-state index contributed by atoms with van der Waals surface area (Å²) in [7, 11) is 0. The van der Waals surface area contributed by atoms with Gasteiger partial charge in [-0.1, -0.05) is 17.7 Å². The number of amides is 1. The highest BCUT2D eigenvalue weighted by Gasteiger charge is 2.33. The number of anilines is 1. The molecule has 0 spiro atoms. The van der Waals surface area contributed by atoms with E-state index in [4.69, 9.17) is 11.6 Å². The van der Waals surface area contributed by atoms with Gasteiger partial charge >= 0.3 is 0 Å². The number of hydrogen-bond donors (Lipinski definition) is 0. The fraction of sp³-hybridized carbons (Fsp3) is 0.100. The summed E-state index contributed by atoms with van der Waals surface area (Å²) in [6.45, 7) is 0.987. The summed E-state index contributed by atoms with van der Waals surface area (Å²) in [5, 5.41) is 0.0275. The third-order valence-corrected chi connectivity index (χ3v) is 5.12. The average molecular weight is 394 g/mol. The second kappa shape index (κ2) is 6.38. The highest BCUT2D eigenvalue weighted by atomic mass is 35.5. The van der Waals surface area contributed by atoms with Gasteiger partial charge in [-0.2, -0.15) is 0 Å². The molecule has 0 bridgehead atoms. The summed E-state index contributed by atoms with van der Waals surface area (Å²) in [5.74, 6) is -0.458. The van der Waals surface area contributed by atoms with Crippen LogP contribution in [0, 0.1) is 5.82 Å². The van der Waals surface area contributed by atoms with E-state index in [2.05, 4.69) is 15.0 Å². The zero-order valence-electron chi connectivity index (χ0n) is 14.5. The Morgan fingerprint density at radius 2 is 1.79 bits per heavy atom. The Morgan fingerprint density at radius 3 is 2.57 bits per heavy atom. The third kappa shape index (κ3) is 2.47. The summed E-state index contributed by atoms with van der Waals surface area (Å²) < 4.78 is 16.1. The van der Waals surface area contributed by atoms with Crippen LogP contribution < -0.4 is 4.90 Å². The lowest BCUT2D eigenvalue weighted by Gasteiger charge is -2.27. The molecule has 1 aromatic carbocycles. The number of carbonyl (C=O) groups is 1. The van der Waals surface area contributed by atoms with E-state index < -0.39 is 5.82 Å². The van der Waals surface area contributed by atoms with Gasteiger partial charge in [0.2, 0.25) is 5.95 Å². The van der Waals surface area contributed by atoms with E-state index in [-0.39, 0.29) is 10.9 Å². The van der Waals surface area contributed by atoms with Gasteiger partial charge in [-0.25, -0.2) is 14.4 Å². The van der Waals surface area contributed by atoms with Crippen molar-refractivity contribution in [3.8, 4) is 11.1 Å². The van der Waals surface area contributed by atoms with Gasteiger partial charge in [0.25, 0.3) is 5.91 Å². The lowest BCUT2D eigenvalue weighted by Crippen LogP contribution is -2.41. The number of hydrogen-bond acceptors (Lipinski definition) is 4. The summed E-state index contributed by atoms with van der Waals surface area (Å²) in [6.07, 6.45) is 4.85. The number of carbonyl (C=O) groups excluding carboxylic acids is 1. The van der Waals surface area contributed by atoms with Gasteiger partial charge in [-0.3, -0.25) is 14.7 Å². The van der Waals surface area contributed by atoms with Crippen molar-refractivity contribution >= 4 is 34.5 Å². The number of pyridine rings is 1. The van der Waals surface area contributed by atoms with E-state index >= 15 is 0 Å². The molecule has 0 aliphatic carbocycles. The maximum Gasteiger partial charge on any atom is 0.278 e. The summed E-state index contributed by atoms with van der Waals surface area (Å²) >= 11 is 5.85. The molecule has 4 aromatic rings. The van der Waals surface area contributed by atoms with Gasteiger partial charge in [0.05, 0.1) is 16.1 Å². The molecule has 0 atom stereocenters. The quantitative estimate of drug-likeness (QED) is 0.517. The Kier molecular flexibility index (Phi) is 3.84. The monoisotopic (exact) mass is 393 g/mol. The van der Waals surface area contributed by atoms with E-state index in [0.717, 1.165) is 5.52 Å². The normalized spacial score (nSPS) is 13.8. The topological polar surface area (TPSA) is 63.9 Å². The predicted molar refractivity (Wildman–Crippen MR) is 104 cm³/mol. The number of benzene rings is 1. The second-order valence-corrected chi connectivity index (χ2v) is 6.79. The maximum absolute atomic E-state index is 14.2. The van der Waals surface area contributed by atoms with Crippen LogP contribution in [0.2, 0.25) is 5.02 Å². The minimum atomic E-state index is -0.547. The SMILES string of the molecule is O=C1c2c(-c3ccc(Cl)c(F)c3)c3ncccc3n2CCN1c1ncccn1. The van der Waals surface area contributed by atoms with Crippen LogP contribution in [0.15, 0.2) is 55.0 Å². The first-order valence-corrected chi connectivity index (χ1v) is 9.04. The molecule has 0 unspecified atom stereocenters. The first-order valence-electron chi connectivity index (χ1n) is 8.66. The van der Waals surface area contributed by atoms with E-state index in [9.17, 15) is 9.18 Å². The molecule has 0 N–H and O–H groups in total. The van der Waals surface area contributed by atoms with Gasteiger partial charge in [-0.05, 0) is 35.9 Å². The van der Waals surface area contributed by atoms with Crippen molar-refractivity contribution in [3.63, 3.8) is 0 Å². The van der Waals surface area contributed by atoms with Crippen molar-refractivity contribution in [2.24, 2.45) is 0 Å². The minimum Gasteiger partial charge on any atom is -0.333 e. The fourth-order valence-electron chi connectivity index (χ4n) is 3.61. The van der Waals surface area contributed by atoms with E-state index in [1.54, 1.807) is 30.7 Å². The highest BCUT2D eigenvalue weighted by molar-refractivity contribution is 6.30. The first kappa shape index (κ1) is 16.8. The van der Waals surface area contributed by atoms with Crippen LogP contribution in [-0.4, -0.2) is 32.0 Å². The molecule has 138 valence electrons. The van der Waals surface area contributed by atoms with Crippen LogP contribution in [-0.2, 0) is 6.54 Å². The molecule has 1 aliphatic heterocycles. The minimum absolute atomic E-state index is 0.0275. The third-order valence-electron chi connectivity index (χ3n) is 4.82. The molecule has 0 saturated carbocycles. The number of fused-ring (bicyclic) bond motifs is 3. The fourth-order valence-corrected chi connectivity index (χ4v) is 3.72. The van der Waals surface area contributed by atoms with Gasteiger partial charge in [0, 0.05) is 37.2 Å². The first-order chi connectivity index (χ1) is 13.6. The zero-order valence-corrected chi connectivity index (χ0v) is 15.3. The molecular formula is C20H13ClFN5O. The Labute approximate surface area is 164 Å². The van der Waals surface area contributed by atoms with Crippen LogP contribution in [0.5, 0.6) is 0 Å². The predicted octanol–water partition coefficient (Wildman–Crippen LogP) is 3.95. The lowest BCUT2D eigenvalue weighted by molar-refractivity contribution is 0.0965. The highest BCUT2D eigenvalue weighted by Crippen LogP contribution is 2.37. The molecule has 0 fully saturated rings. The van der Waals surface area contributed by atoms with Crippen LogP contribution in [0.25, 0.3) is 22.2 Å². The van der Waals surface area contributed by atoms with Crippen molar-refractivity contribution in [2.75, 3.05) is 11.4 Å². The number of nitrogens with zero attached hydrogens (tertiary/aromatic N) is 5. The Hall–Kier alpha value is -3.32. The average Bonchev–Trinajstić information content (AvgIpc) is 3.06. The molecule has 28 heavy (non-hydrogen) atoms. The Bertz CT molecular complexity index is 1220. The van der Waals surface area contributed by atoms with Crippen molar-refractivity contribution in [2.45, 2.75) is 6.54 Å². The van der Waals surface area contributed by atoms with Crippen molar-refractivity contribution in [3.05, 3.63) is 71.5 Å². The molecule has 1 aliphatic rings. The molecule has 6 nitrogen and oxygen atoms in total. The van der Waals surface area contributed by atoms with Crippen LogP contribution >= 0.6 is 11.6 Å². The largest absolute Gasteiger partial charge is 0.333 e.